The number of benzene rings is 1. The fourth-order valence-electron chi connectivity index (χ4n) is 2.28. The Kier molecular flexibility index (Phi) is 4.98. The van der Waals surface area contributed by atoms with Crippen LogP contribution in [0.1, 0.15) is 31.2 Å². The zero-order chi connectivity index (χ0) is 12.1. The fourth-order valence-corrected chi connectivity index (χ4v) is 2.64. The van der Waals surface area contributed by atoms with E-state index in [2.05, 4.69) is 27.9 Å². The van der Waals surface area contributed by atoms with E-state index in [9.17, 15) is 4.79 Å². The molecule has 0 radical (unpaired) electrons. The van der Waals surface area contributed by atoms with Crippen LogP contribution in [-0.2, 0) is 11.2 Å². The number of carbonyl (C=O) groups excluding carboxylic acids is 1. The molecule has 0 amide bonds. The maximum Gasteiger partial charge on any atom is 0.150 e. The van der Waals surface area contributed by atoms with Crippen molar-refractivity contribution in [2.24, 2.45) is 0 Å². The predicted molar refractivity (Wildman–Crippen MR) is 78.1 cm³/mol. The molecule has 0 unspecified atom stereocenters. The lowest BCUT2D eigenvalue weighted by Crippen LogP contribution is -2.32. The molecule has 0 atom stereocenters. The Bertz CT molecular complexity index is 368. The van der Waals surface area contributed by atoms with Crippen molar-refractivity contribution >= 4 is 28.4 Å². The summed E-state index contributed by atoms with van der Waals surface area (Å²) in [6, 6.07) is 8.75. The summed E-state index contributed by atoms with van der Waals surface area (Å²) >= 11 is 2.28. The Labute approximate surface area is 116 Å². The van der Waals surface area contributed by atoms with Crippen LogP contribution in [0, 0.1) is 3.57 Å². The molecule has 1 aliphatic carbocycles. The van der Waals surface area contributed by atoms with Gasteiger partial charge >= 0.3 is 0 Å². The average Bonchev–Trinajstić information content (AvgIpc) is 2.83. The van der Waals surface area contributed by atoms with Crippen LogP contribution in [0.3, 0.4) is 0 Å². The molecular weight excluding hydrogens is 325 g/mol. The number of ketones is 1. The van der Waals surface area contributed by atoms with Crippen LogP contribution >= 0.6 is 22.6 Å². The van der Waals surface area contributed by atoms with Crippen LogP contribution in [0.25, 0.3) is 0 Å². The minimum atomic E-state index is 0.290. The third-order valence-corrected chi connectivity index (χ3v) is 3.98. The number of halogens is 1. The molecule has 0 heterocycles. The van der Waals surface area contributed by atoms with E-state index in [1.54, 1.807) is 0 Å². The molecule has 0 aromatic heterocycles. The maximum atomic E-state index is 11.8. The Morgan fingerprint density at radius 3 is 2.53 bits per heavy atom. The first-order chi connectivity index (χ1) is 8.24. The molecule has 1 aromatic rings. The summed E-state index contributed by atoms with van der Waals surface area (Å²) in [6.45, 7) is 0.524. The van der Waals surface area contributed by atoms with Gasteiger partial charge in [-0.15, -0.1) is 0 Å². The van der Waals surface area contributed by atoms with Crippen LogP contribution in [-0.4, -0.2) is 18.4 Å². The first-order valence-corrected chi connectivity index (χ1v) is 7.31. The van der Waals surface area contributed by atoms with E-state index < -0.39 is 0 Å². The van der Waals surface area contributed by atoms with Gasteiger partial charge < -0.3 is 5.32 Å². The molecule has 0 spiro atoms. The molecule has 1 aliphatic rings. The first kappa shape index (κ1) is 13.0. The van der Waals surface area contributed by atoms with Crippen molar-refractivity contribution < 1.29 is 4.79 Å². The number of nitrogens with one attached hydrogen (secondary N) is 1. The van der Waals surface area contributed by atoms with E-state index >= 15 is 0 Å². The SMILES string of the molecule is O=C(CNC1CCCC1)Cc1ccc(I)cc1. The van der Waals surface area contributed by atoms with E-state index in [1.807, 2.05) is 24.3 Å². The van der Waals surface area contributed by atoms with Crippen LogP contribution in [0.2, 0.25) is 0 Å². The summed E-state index contributed by atoms with van der Waals surface area (Å²) in [4.78, 5) is 11.8. The largest absolute Gasteiger partial charge is 0.307 e. The summed E-state index contributed by atoms with van der Waals surface area (Å²) in [5.74, 6) is 0.290. The van der Waals surface area contributed by atoms with Gasteiger partial charge in [-0.05, 0) is 53.1 Å². The first-order valence-electron chi connectivity index (χ1n) is 6.23. The van der Waals surface area contributed by atoms with Crippen LogP contribution < -0.4 is 5.32 Å². The number of hydrogen-bond acceptors (Lipinski definition) is 2. The second-order valence-electron chi connectivity index (χ2n) is 4.70. The molecule has 1 saturated carbocycles. The quantitative estimate of drug-likeness (QED) is 0.833. The van der Waals surface area contributed by atoms with E-state index in [0.29, 0.717) is 19.0 Å². The highest BCUT2D eigenvalue weighted by atomic mass is 127. The molecule has 0 bridgehead atoms. The van der Waals surface area contributed by atoms with E-state index in [0.717, 1.165) is 5.56 Å². The smallest absolute Gasteiger partial charge is 0.150 e. The summed E-state index contributed by atoms with van der Waals surface area (Å²) in [6.07, 6.45) is 5.64. The molecule has 0 saturated heterocycles. The van der Waals surface area contributed by atoms with Gasteiger partial charge in [-0.25, -0.2) is 0 Å². The average molecular weight is 343 g/mol. The number of rotatable bonds is 5. The lowest BCUT2D eigenvalue weighted by Gasteiger charge is -2.10. The van der Waals surface area contributed by atoms with Crippen LogP contribution in [0.5, 0.6) is 0 Å². The minimum absolute atomic E-state index is 0.290. The Balaban J connectivity index is 1.74. The number of hydrogen-bond donors (Lipinski definition) is 1. The molecule has 0 aliphatic heterocycles. The van der Waals surface area contributed by atoms with Gasteiger partial charge in [-0.1, -0.05) is 25.0 Å². The van der Waals surface area contributed by atoms with Crippen molar-refractivity contribution in [3.05, 3.63) is 33.4 Å². The second-order valence-corrected chi connectivity index (χ2v) is 5.95. The molecule has 3 heteroatoms. The van der Waals surface area contributed by atoms with Gasteiger partial charge in [0.05, 0.1) is 6.54 Å². The fraction of sp³-hybridized carbons (Fsp3) is 0.500. The van der Waals surface area contributed by atoms with E-state index in [1.165, 1.54) is 29.3 Å². The minimum Gasteiger partial charge on any atom is -0.307 e. The van der Waals surface area contributed by atoms with Crippen LogP contribution in [0.4, 0.5) is 0 Å². The van der Waals surface area contributed by atoms with Gasteiger partial charge in [0.15, 0.2) is 5.78 Å². The van der Waals surface area contributed by atoms with Gasteiger partial charge in [-0.2, -0.15) is 0 Å². The molecule has 17 heavy (non-hydrogen) atoms. The molecular formula is C14H18INO. The molecule has 92 valence electrons. The maximum absolute atomic E-state index is 11.8. The van der Waals surface area contributed by atoms with Crippen molar-refractivity contribution in [2.75, 3.05) is 6.54 Å². The normalized spacial score (nSPS) is 16.3. The van der Waals surface area contributed by atoms with E-state index in [4.69, 9.17) is 0 Å². The lowest BCUT2D eigenvalue weighted by atomic mass is 10.1. The monoisotopic (exact) mass is 343 g/mol. The van der Waals surface area contributed by atoms with Crippen molar-refractivity contribution in [3.8, 4) is 0 Å². The zero-order valence-electron chi connectivity index (χ0n) is 9.92. The van der Waals surface area contributed by atoms with Gasteiger partial charge in [0, 0.05) is 16.0 Å². The summed E-state index contributed by atoms with van der Waals surface area (Å²) in [5, 5.41) is 3.36. The highest BCUT2D eigenvalue weighted by Crippen LogP contribution is 2.17. The van der Waals surface area contributed by atoms with Crippen molar-refractivity contribution in [1.82, 2.24) is 5.32 Å². The van der Waals surface area contributed by atoms with Gasteiger partial charge in [0.2, 0.25) is 0 Å². The van der Waals surface area contributed by atoms with Gasteiger partial charge in [0.1, 0.15) is 0 Å². The van der Waals surface area contributed by atoms with E-state index in [-0.39, 0.29) is 5.78 Å². The zero-order valence-corrected chi connectivity index (χ0v) is 12.1. The molecule has 2 nitrogen and oxygen atoms in total. The lowest BCUT2D eigenvalue weighted by molar-refractivity contribution is -0.117. The molecule has 1 aromatic carbocycles. The third kappa shape index (κ3) is 4.39. The van der Waals surface area contributed by atoms with Gasteiger partial charge in [0.25, 0.3) is 0 Å². The van der Waals surface area contributed by atoms with Gasteiger partial charge in [-0.3, -0.25) is 4.79 Å². The molecule has 1 N–H and O–H groups in total. The summed E-state index contributed by atoms with van der Waals surface area (Å²) in [7, 11) is 0. The predicted octanol–water partition coefficient (Wildman–Crippen LogP) is 2.94. The summed E-state index contributed by atoms with van der Waals surface area (Å²) in [5.41, 5.74) is 1.11. The topological polar surface area (TPSA) is 29.1 Å². The number of Topliss-reactive ketones (excluding diaryl/α,β-unsaturated/α-hetero) is 1. The summed E-state index contributed by atoms with van der Waals surface area (Å²) < 4.78 is 1.21. The highest BCUT2D eigenvalue weighted by Gasteiger charge is 2.15. The third-order valence-electron chi connectivity index (χ3n) is 3.26. The van der Waals surface area contributed by atoms with Crippen molar-refractivity contribution in [3.63, 3.8) is 0 Å². The Morgan fingerprint density at radius 2 is 1.88 bits per heavy atom. The number of carbonyl (C=O) groups is 1. The Morgan fingerprint density at radius 1 is 1.24 bits per heavy atom. The van der Waals surface area contributed by atoms with Crippen molar-refractivity contribution in [1.29, 1.82) is 0 Å². The molecule has 1 fully saturated rings. The standard InChI is InChI=1S/C14H18INO/c15-12-7-5-11(6-8-12)9-14(17)10-16-13-3-1-2-4-13/h5-8,13,16H,1-4,9-10H2. The van der Waals surface area contributed by atoms with Crippen LogP contribution in [0.15, 0.2) is 24.3 Å². The van der Waals surface area contributed by atoms with Crippen molar-refractivity contribution in [2.45, 2.75) is 38.1 Å². The second kappa shape index (κ2) is 6.50. The molecule has 2 rings (SSSR count). The highest BCUT2D eigenvalue weighted by molar-refractivity contribution is 14.1. The Hall–Kier alpha value is -0.420.